The fourth-order valence-corrected chi connectivity index (χ4v) is 3.68. The fraction of sp³-hybridized carbons (Fsp3) is 1.00. The van der Waals surface area contributed by atoms with Gasteiger partial charge in [-0.25, -0.2) is 0 Å². The van der Waals surface area contributed by atoms with Crippen LogP contribution in [0.15, 0.2) is 0 Å². The molecular weight excluding hydrogens is 222 g/mol. The van der Waals surface area contributed by atoms with Crippen LogP contribution in [0.5, 0.6) is 0 Å². The summed E-state index contributed by atoms with van der Waals surface area (Å²) in [5.74, 6) is 0. The zero-order chi connectivity index (χ0) is 12.6. The second-order valence-electron chi connectivity index (χ2n) is 6.66. The van der Waals surface area contributed by atoms with E-state index in [0.717, 1.165) is 18.6 Å². The molecule has 3 heteroatoms. The minimum absolute atomic E-state index is 0.318. The molecule has 0 spiro atoms. The Morgan fingerprint density at radius 3 is 2.61 bits per heavy atom. The number of unbranched alkanes of at least 4 members (excludes halogenated alkanes) is 1. The van der Waals surface area contributed by atoms with Gasteiger partial charge in [-0.2, -0.15) is 0 Å². The lowest BCUT2D eigenvalue weighted by Gasteiger charge is -2.41. The van der Waals surface area contributed by atoms with Crippen LogP contribution in [0.2, 0.25) is 0 Å². The van der Waals surface area contributed by atoms with Crippen LogP contribution in [-0.2, 0) is 0 Å². The molecule has 0 bridgehead atoms. The average Bonchev–Trinajstić information content (AvgIpc) is 3.29. The van der Waals surface area contributed by atoms with Crippen molar-refractivity contribution in [2.45, 2.75) is 69.5 Å². The smallest absolute Gasteiger partial charge is 0.0473 e. The molecule has 1 heterocycles. The summed E-state index contributed by atoms with van der Waals surface area (Å²) in [6.07, 6.45) is 9.62. The van der Waals surface area contributed by atoms with Gasteiger partial charge >= 0.3 is 0 Å². The van der Waals surface area contributed by atoms with Crippen molar-refractivity contribution in [3.8, 4) is 0 Å². The molecule has 104 valence electrons. The molecule has 0 aromatic carbocycles. The first-order valence-electron chi connectivity index (χ1n) is 8.00. The molecule has 2 aliphatic carbocycles. The lowest BCUT2D eigenvalue weighted by molar-refractivity contribution is 0.0869. The van der Waals surface area contributed by atoms with Gasteiger partial charge in [0.2, 0.25) is 0 Å². The summed E-state index contributed by atoms with van der Waals surface area (Å²) < 4.78 is 0. The molecule has 1 unspecified atom stereocenters. The molecule has 1 saturated heterocycles. The van der Waals surface area contributed by atoms with Crippen LogP contribution in [0, 0.1) is 0 Å². The van der Waals surface area contributed by atoms with E-state index in [2.05, 4.69) is 16.7 Å². The summed E-state index contributed by atoms with van der Waals surface area (Å²) in [4.78, 5) is 5.52. The lowest BCUT2D eigenvalue weighted by Crippen LogP contribution is -2.57. The molecule has 3 rings (SSSR count). The van der Waals surface area contributed by atoms with Gasteiger partial charge in [0, 0.05) is 37.3 Å². The molecule has 0 aromatic heterocycles. The fourth-order valence-electron chi connectivity index (χ4n) is 3.68. The van der Waals surface area contributed by atoms with Gasteiger partial charge in [0.25, 0.3) is 0 Å². The zero-order valence-electron chi connectivity index (χ0n) is 11.9. The van der Waals surface area contributed by atoms with E-state index >= 15 is 0 Å². The monoisotopic (exact) mass is 251 g/mol. The second kappa shape index (κ2) is 5.10. The third-order valence-electron chi connectivity index (χ3n) is 5.15. The molecule has 3 nitrogen and oxygen atoms in total. The van der Waals surface area contributed by atoms with Crippen molar-refractivity contribution >= 4 is 0 Å². The maximum Gasteiger partial charge on any atom is 0.0473 e. The molecule has 1 atom stereocenters. The summed E-state index contributed by atoms with van der Waals surface area (Å²) in [7, 11) is 0. The number of hydrogen-bond donors (Lipinski definition) is 1. The van der Waals surface area contributed by atoms with Crippen LogP contribution in [0.3, 0.4) is 0 Å². The summed E-state index contributed by atoms with van der Waals surface area (Å²) in [6, 6.07) is 1.77. The van der Waals surface area contributed by atoms with Gasteiger partial charge in [-0.3, -0.25) is 9.80 Å². The number of hydrogen-bond acceptors (Lipinski definition) is 3. The summed E-state index contributed by atoms with van der Waals surface area (Å²) in [6.45, 7) is 6.96. The standard InChI is InChI=1S/C15H29N3/c1-2-3-9-18(14-6-7-14)15(11-16)8-10-17(12-15)13-4-5-13/h13-14H,2-12,16H2,1H3. The highest BCUT2D eigenvalue weighted by atomic mass is 15.3. The number of rotatable bonds is 7. The first kappa shape index (κ1) is 12.9. The van der Waals surface area contributed by atoms with E-state index in [-0.39, 0.29) is 0 Å². The maximum absolute atomic E-state index is 6.22. The Labute approximate surface area is 112 Å². The predicted molar refractivity (Wildman–Crippen MR) is 75.6 cm³/mol. The highest BCUT2D eigenvalue weighted by molar-refractivity contribution is 5.07. The Balaban J connectivity index is 1.67. The van der Waals surface area contributed by atoms with E-state index in [1.54, 1.807) is 0 Å². The Hall–Kier alpha value is -0.120. The third kappa shape index (κ3) is 2.45. The van der Waals surface area contributed by atoms with Crippen molar-refractivity contribution in [1.29, 1.82) is 0 Å². The Bertz CT molecular complexity index is 285. The molecular formula is C15H29N3. The van der Waals surface area contributed by atoms with Crippen molar-refractivity contribution < 1.29 is 0 Å². The summed E-state index contributed by atoms with van der Waals surface area (Å²) in [5.41, 5.74) is 6.54. The number of nitrogens with zero attached hydrogens (tertiary/aromatic N) is 2. The van der Waals surface area contributed by atoms with Gasteiger partial charge in [0.05, 0.1) is 0 Å². The van der Waals surface area contributed by atoms with Gasteiger partial charge in [-0.05, 0) is 45.1 Å². The van der Waals surface area contributed by atoms with Gasteiger partial charge in [0.1, 0.15) is 0 Å². The van der Waals surface area contributed by atoms with Crippen LogP contribution in [0.25, 0.3) is 0 Å². The highest BCUT2D eigenvalue weighted by Gasteiger charge is 2.49. The normalized spacial score (nSPS) is 33.5. The van der Waals surface area contributed by atoms with Crippen LogP contribution < -0.4 is 5.73 Å². The minimum atomic E-state index is 0.318. The molecule has 1 aliphatic heterocycles. The van der Waals surface area contributed by atoms with Gasteiger partial charge in [-0.15, -0.1) is 0 Å². The predicted octanol–water partition coefficient (Wildman–Crippen LogP) is 1.82. The van der Waals surface area contributed by atoms with E-state index in [9.17, 15) is 0 Å². The van der Waals surface area contributed by atoms with Crippen molar-refractivity contribution in [1.82, 2.24) is 9.80 Å². The molecule has 3 fully saturated rings. The Morgan fingerprint density at radius 1 is 1.28 bits per heavy atom. The van der Waals surface area contributed by atoms with E-state index in [0.29, 0.717) is 5.54 Å². The maximum atomic E-state index is 6.22. The average molecular weight is 251 g/mol. The SMILES string of the molecule is CCCCN(C1CC1)C1(CN)CCN(C2CC2)C1. The van der Waals surface area contributed by atoms with E-state index in [4.69, 9.17) is 5.73 Å². The topological polar surface area (TPSA) is 32.5 Å². The molecule has 2 N–H and O–H groups in total. The van der Waals surface area contributed by atoms with Crippen LogP contribution in [-0.4, -0.2) is 53.6 Å². The first-order valence-corrected chi connectivity index (χ1v) is 8.00. The summed E-state index contributed by atoms with van der Waals surface area (Å²) in [5, 5.41) is 0. The number of nitrogens with two attached hydrogens (primary N) is 1. The molecule has 2 saturated carbocycles. The summed E-state index contributed by atoms with van der Waals surface area (Å²) >= 11 is 0. The Kier molecular flexibility index (Phi) is 3.65. The largest absolute Gasteiger partial charge is 0.329 e. The van der Waals surface area contributed by atoms with Gasteiger partial charge in [0.15, 0.2) is 0 Å². The van der Waals surface area contributed by atoms with Crippen LogP contribution in [0.1, 0.15) is 51.9 Å². The zero-order valence-corrected chi connectivity index (χ0v) is 11.9. The Morgan fingerprint density at radius 2 is 2.06 bits per heavy atom. The van der Waals surface area contributed by atoms with Gasteiger partial charge in [-0.1, -0.05) is 13.3 Å². The minimum Gasteiger partial charge on any atom is -0.329 e. The highest BCUT2D eigenvalue weighted by Crippen LogP contribution is 2.40. The van der Waals surface area contributed by atoms with Crippen molar-refractivity contribution in [2.75, 3.05) is 26.2 Å². The van der Waals surface area contributed by atoms with Crippen molar-refractivity contribution in [2.24, 2.45) is 5.73 Å². The third-order valence-corrected chi connectivity index (χ3v) is 5.15. The molecule has 18 heavy (non-hydrogen) atoms. The second-order valence-corrected chi connectivity index (χ2v) is 6.66. The van der Waals surface area contributed by atoms with Crippen LogP contribution >= 0.6 is 0 Å². The molecule has 0 aromatic rings. The van der Waals surface area contributed by atoms with Crippen molar-refractivity contribution in [3.63, 3.8) is 0 Å². The lowest BCUT2D eigenvalue weighted by atomic mass is 9.95. The van der Waals surface area contributed by atoms with Crippen molar-refractivity contribution in [3.05, 3.63) is 0 Å². The molecule has 0 amide bonds. The molecule has 3 aliphatic rings. The van der Waals surface area contributed by atoms with Crippen LogP contribution in [0.4, 0.5) is 0 Å². The quantitative estimate of drug-likeness (QED) is 0.749. The number of likely N-dealkylation sites (tertiary alicyclic amines) is 1. The first-order chi connectivity index (χ1) is 8.79. The van der Waals surface area contributed by atoms with E-state index in [1.807, 2.05) is 0 Å². The van der Waals surface area contributed by atoms with Gasteiger partial charge < -0.3 is 5.73 Å². The van der Waals surface area contributed by atoms with E-state index < -0.39 is 0 Å². The van der Waals surface area contributed by atoms with E-state index in [1.165, 1.54) is 64.6 Å². The molecule has 0 radical (unpaired) electrons.